The van der Waals surface area contributed by atoms with E-state index in [1.807, 2.05) is 0 Å². The number of hydrogen-bond acceptors (Lipinski definition) is 7. The molecule has 0 unspecified atom stereocenters. The molecule has 0 aliphatic rings. The molecule has 1 heterocycles. The molecule has 2 rings (SSSR count). The van der Waals surface area contributed by atoms with Gasteiger partial charge >= 0.3 is 11.6 Å². The van der Waals surface area contributed by atoms with Crippen molar-refractivity contribution < 1.29 is 28.9 Å². The zero-order chi connectivity index (χ0) is 19.1. The number of unbranched alkanes of at least 4 members (excludes halogenated alkanes) is 5. The Balaban J connectivity index is 2.25. The van der Waals surface area contributed by atoms with E-state index in [2.05, 4.69) is 11.7 Å². The van der Waals surface area contributed by atoms with Crippen LogP contribution >= 0.6 is 0 Å². The van der Waals surface area contributed by atoms with Crippen molar-refractivity contribution in [3.8, 4) is 17.2 Å². The minimum Gasteiger partial charge on any atom is -0.504 e. The summed E-state index contributed by atoms with van der Waals surface area (Å²) in [7, 11) is 1.19. The second-order valence-electron chi connectivity index (χ2n) is 6.01. The van der Waals surface area contributed by atoms with Crippen LogP contribution < -0.4 is 10.4 Å². The highest BCUT2D eigenvalue weighted by Crippen LogP contribution is 2.38. The van der Waals surface area contributed by atoms with Crippen LogP contribution in [-0.4, -0.2) is 29.9 Å². The van der Waals surface area contributed by atoms with Crippen LogP contribution in [0.15, 0.2) is 21.3 Å². The molecule has 0 spiro atoms. The topological polar surface area (TPSA) is 106 Å². The van der Waals surface area contributed by atoms with E-state index in [9.17, 15) is 19.8 Å². The van der Waals surface area contributed by atoms with Crippen molar-refractivity contribution in [2.75, 3.05) is 13.7 Å². The average Bonchev–Trinajstić information content (AvgIpc) is 2.63. The maximum atomic E-state index is 12.1. The Kier molecular flexibility index (Phi) is 6.89. The molecule has 0 aliphatic carbocycles. The molecule has 7 nitrogen and oxygen atoms in total. The predicted octanol–water partition coefficient (Wildman–Crippen LogP) is 3.73. The third-order valence-corrected chi connectivity index (χ3v) is 4.12. The second-order valence-corrected chi connectivity index (χ2v) is 6.01. The van der Waals surface area contributed by atoms with E-state index in [1.165, 1.54) is 25.7 Å². The quantitative estimate of drug-likeness (QED) is 0.397. The largest absolute Gasteiger partial charge is 0.504 e. The summed E-state index contributed by atoms with van der Waals surface area (Å²) in [4.78, 5) is 24.0. The Hall–Kier alpha value is -2.70. The molecule has 0 fully saturated rings. The van der Waals surface area contributed by atoms with E-state index in [-0.39, 0.29) is 34.6 Å². The minimum absolute atomic E-state index is 0.0361. The van der Waals surface area contributed by atoms with Gasteiger partial charge in [-0.05, 0) is 18.6 Å². The molecule has 0 saturated heterocycles. The van der Waals surface area contributed by atoms with Crippen molar-refractivity contribution >= 4 is 16.9 Å². The number of esters is 1. The van der Waals surface area contributed by atoms with Crippen LogP contribution in [-0.2, 0) is 4.74 Å². The Bertz CT molecular complexity index is 823. The molecule has 0 aliphatic heterocycles. The van der Waals surface area contributed by atoms with Gasteiger partial charge in [-0.3, -0.25) is 0 Å². The number of rotatable bonds is 9. The summed E-state index contributed by atoms with van der Waals surface area (Å²) in [5.41, 5.74) is -1.24. The van der Waals surface area contributed by atoms with Crippen LogP contribution in [0.5, 0.6) is 17.2 Å². The fraction of sp³-hybridized carbons (Fsp3) is 0.474. The van der Waals surface area contributed by atoms with E-state index in [4.69, 9.17) is 9.15 Å². The summed E-state index contributed by atoms with van der Waals surface area (Å²) in [6.07, 6.45) is 6.27. The maximum absolute atomic E-state index is 12.1. The highest BCUT2D eigenvalue weighted by molar-refractivity contribution is 6.07. The highest BCUT2D eigenvalue weighted by Gasteiger charge is 2.23. The van der Waals surface area contributed by atoms with Gasteiger partial charge in [0.05, 0.1) is 24.7 Å². The van der Waals surface area contributed by atoms with Gasteiger partial charge in [-0.25, -0.2) is 9.59 Å². The molecule has 0 atom stereocenters. The molecule has 1 aromatic carbocycles. The summed E-state index contributed by atoms with van der Waals surface area (Å²) in [6, 6.07) is 2.47. The number of ether oxygens (including phenoxy) is 2. The third kappa shape index (κ3) is 4.28. The molecule has 142 valence electrons. The lowest BCUT2D eigenvalue weighted by Gasteiger charge is -2.11. The number of fused-ring (bicyclic) bond motifs is 1. The monoisotopic (exact) mass is 364 g/mol. The van der Waals surface area contributed by atoms with E-state index >= 15 is 0 Å². The van der Waals surface area contributed by atoms with Crippen LogP contribution in [0.2, 0.25) is 0 Å². The van der Waals surface area contributed by atoms with Gasteiger partial charge in [-0.1, -0.05) is 39.0 Å². The zero-order valence-electron chi connectivity index (χ0n) is 15.0. The third-order valence-electron chi connectivity index (χ3n) is 4.12. The summed E-state index contributed by atoms with van der Waals surface area (Å²) in [6.45, 7) is 2.38. The van der Waals surface area contributed by atoms with Gasteiger partial charge in [-0.2, -0.15) is 0 Å². The molecule has 0 amide bonds. The molecular formula is C19H24O7. The summed E-state index contributed by atoms with van der Waals surface area (Å²) < 4.78 is 15.1. The van der Waals surface area contributed by atoms with Gasteiger partial charge in [0.2, 0.25) is 5.75 Å². The van der Waals surface area contributed by atoms with Crippen molar-refractivity contribution in [2.45, 2.75) is 45.4 Å². The molecule has 0 saturated carbocycles. The van der Waals surface area contributed by atoms with Gasteiger partial charge in [0.1, 0.15) is 0 Å². The molecular weight excluding hydrogens is 340 g/mol. The molecule has 2 N–H and O–H groups in total. The lowest BCUT2D eigenvalue weighted by Crippen LogP contribution is -2.10. The Labute approximate surface area is 151 Å². The van der Waals surface area contributed by atoms with Gasteiger partial charge in [-0.15, -0.1) is 0 Å². The average molecular weight is 364 g/mol. The normalized spacial score (nSPS) is 10.8. The Morgan fingerprint density at radius 3 is 2.50 bits per heavy atom. The molecule has 1 aromatic heterocycles. The Morgan fingerprint density at radius 1 is 1.12 bits per heavy atom. The van der Waals surface area contributed by atoms with Gasteiger partial charge in [0.25, 0.3) is 0 Å². The zero-order valence-corrected chi connectivity index (χ0v) is 15.0. The van der Waals surface area contributed by atoms with Crippen LogP contribution in [0.1, 0.15) is 55.8 Å². The highest BCUT2D eigenvalue weighted by atomic mass is 16.5. The predicted molar refractivity (Wildman–Crippen MR) is 96.0 cm³/mol. The molecule has 0 radical (unpaired) electrons. The molecule has 7 heteroatoms. The van der Waals surface area contributed by atoms with E-state index < -0.39 is 17.3 Å². The first-order valence-electron chi connectivity index (χ1n) is 8.74. The summed E-state index contributed by atoms with van der Waals surface area (Å²) >= 11 is 0. The van der Waals surface area contributed by atoms with E-state index in [0.717, 1.165) is 32.1 Å². The minimum atomic E-state index is -0.918. The van der Waals surface area contributed by atoms with Crippen molar-refractivity contribution in [1.82, 2.24) is 0 Å². The number of carbonyl (C=O) groups is 1. The van der Waals surface area contributed by atoms with Crippen LogP contribution in [0, 0.1) is 0 Å². The van der Waals surface area contributed by atoms with Crippen molar-refractivity contribution in [3.05, 3.63) is 28.1 Å². The number of carbonyl (C=O) groups excluding carboxylic acids is 1. The second kappa shape index (κ2) is 9.12. The van der Waals surface area contributed by atoms with Crippen molar-refractivity contribution in [1.29, 1.82) is 0 Å². The lowest BCUT2D eigenvalue weighted by atomic mass is 10.1. The molecule has 2 aromatic rings. The maximum Gasteiger partial charge on any atom is 0.383 e. The van der Waals surface area contributed by atoms with Crippen LogP contribution in [0.3, 0.4) is 0 Å². The number of phenols is 1. The Morgan fingerprint density at radius 2 is 1.81 bits per heavy atom. The lowest BCUT2D eigenvalue weighted by molar-refractivity contribution is 0.0602. The van der Waals surface area contributed by atoms with Crippen molar-refractivity contribution in [3.63, 3.8) is 0 Å². The molecule has 26 heavy (non-hydrogen) atoms. The summed E-state index contributed by atoms with van der Waals surface area (Å²) in [5.74, 6) is -2.02. The number of phenolic OH excluding ortho intramolecular Hbond substituents is 1. The smallest absolute Gasteiger partial charge is 0.383 e. The number of aromatic hydroxyl groups is 2. The first-order valence-corrected chi connectivity index (χ1v) is 8.74. The standard InChI is InChI=1S/C19H24O7/c1-3-4-5-6-7-8-11-25-17-15(21)14-12(18(22)24-2)9-10-13(20)16(14)26-19(17)23/h9-10,20-21H,3-8,11H2,1-2H3. The van der Waals surface area contributed by atoms with E-state index in [1.54, 1.807) is 0 Å². The van der Waals surface area contributed by atoms with Gasteiger partial charge < -0.3 is 24.1 Å². The first-order chi connectivity index (χ1) is 12.5. The molecule has 0 bridgehead atoms. The SMILES string of the molecule is CCCCCCCCOc1c(O)c2c(C(=O)OC)ccc(O)c2oc1=O. The number of methoxy groups -OCH3 is 1. The fourth-order valence-electron chi connectivity index (χ4n) is 2.72. The number of hydrogen-bond donors (Lipinski definition) is 2. The van der Waals surface area contributed by atoms with Crippen LogP contribution in [0.25, 0.3) is 11.0 Å². The van der Waals surface area contributed by atoms with E-state index in [0.29, 0.717) is 0 Å². The van der Waals surface area contributed by atoms with Crippen molar-refractivity contribution in [2.24, 2.45) is 0 Å². The first kappa shape index (κ1) is 19.6. The van der Waals surface area contributed by atoms with Crippen LogP contribution in [0.4, 0.5) is 0 Å². The summed E-state index contributed by atoms with van der Waals surface area (Å²) in [5, 5.41) is 20.2. The van der Waals surface area contributed by atoms with Gasteiger partial charge in [0.15, 0.2) is 17.1 Å². The van der Waals surface area contributed by atoms with Gasteiger partial charge in [0, 0.05) is 0 Å². The number of benzene rings is 1. The fourth-order valence-corrected chi connectivity index (χ4v) is 2.72.